The van der Waals surface area contributed by atoms with Crippen LogP contribution in [0.3, 0.4) is 0 Å². The predicted octanol–water partition coefficient (Wildman–Crippen LogP) is 5.06. The number of carbonyl (C=O) groups is 1. The summed E-state index contributed by atoms with van der Waals surface area (Å²) >= 11 is 0.934. The van der Waals surface area contributed by atoms with E-state index in [1.54, 1.807) is 55.5 Å². The van der Waals surface area contributed by atoms with Gasteiger partial charge < -0.3 is 4.74 Å². The monoisotopic (exact) mass is 338 g/mol. The maximum Gasteiger partial charge on any atom is 0.394 e. The third kappa shape index (κ3) is 3.22. The molecule has 0 amide bonds. The van der Waals surface area contributed by atoms with Gasteiger partial charge in [-0.1, -0.05) is 53.7 Å². The molecule has 1 unspecified atom stereocenters. The van der Waals surface area contributed by atoms with Crippen LogP contribution in [0.25, 0.3) is 0 Å². The lowest BCUT2D eigenvalue weighted by atomic mass is 10.0. The van der Waals surface area contributed by atoms with Gasteiger partial charge in [0.2, 0.25) is 0 Å². The summed E-state index contributed by atoms with van der Waals surface area (Å²) in [5.74, 6) is -0.731. The Hall–Kier alpha value is -1.95. The fraction of sp³-hybridized carbons (Fsp3) is 0.235. The Balaban J connectivity index is 2.13. The zero-order valence-corrected chi connectivity index (χ0v) is 13.0. The normalized spacial score (nSPS) is 20.8. The summed E-state index contributed by atoms with van der Waals surface area (Å²) in [6.07, 6.45) is -5.71. The molecule has 0 bridgehead atoms. The molecule has 0 aliphatic carbocycles. The van der Waals surface area contributed by atoms with E-state index in [1.165, 1.54) is 0 Å². The molecule has 1 atom stereocenters. The molecule has 0 spiro atoms. The van der Waals surface area contributed by atoms with Gasteiger partial charge in [-0.05, 0) is 19.1 Å². The summed E-state index contributed by atoms with van der Waals surface area (Å²) in [5.41, 5.74) is 1.44. The topological polar surface area (TPSA) is 26.3 Å². The van der Waals surface area contributed by atoms with E-state index in [4.69, 9.17) is 4.74 Å². The largest absolute Gasteiger partial charge is 0.439 e. The van der Waals surface area contributed by atoms with Crippen LogP contribution >= 0.6 is 11.8 Å². The first-order valence-corrected chi connectivity index (χ1v) is 7.76. The third-order valence-corrected chi connectivity index (χ3v) is 4.90. The van der Waals surface area contributed by atoms with Gasteiger partial charge in [-0.3, -0.25) is 0 Å². The van der Waals surface area contributed by atoms with E-state index >= 15 is 0 Å². The lowest BCUT2D eigenvalue weighted by molar-refractivity contribution is -0.161. The van der Waals surface area contributed by atoms with Crippen molar-refractivity contribution in [3.63, 3.8) is 0 Å². The molecule has 1 aliphatic rings. The van der Waals surface area contributed by atoms with Crippen molar-refractivity contribution in [3.8, 4) is 0 Å². The second kappa shape index (κ2) is 5.60. The summed E-state index contributed by atoms with van der Waals surface area (Å²) in [6.45, 7) is 1.79. The minimum atomic E-state index is -4.47. The molecule has 1 aliphatic heterocycles. The third-order valence-electron chi connectivity index (χ3n) is 3.53. The van der Waals surface area contributed by atoms with Crippen molar-refractivity contribution in [2.75, 3.05) is 0 Å². The van der Waals surface area contributed by atoms with E-state index in [-0.39, 0.29) is 0 Å². The number of thioether (sulfide) groups is 1. The number of esters is 1. The second-order valence-corrected chi connectivity index (χ2v) is 6.71. The molecule has 0 aromatic heterocycles. The molecule has 120 valence electrons. The highest BCUT2D eigenvalue weighted by molar-refractivity contribution is 8.00. The van der Waals surface area contributed by atoms with Crippen LogP contribution < -0.4 is 0 Å². The van der Waals surface area contributed by atoms with E-state index in [0.29, 0.717) is 16.0 Å². The molecule has 2 nitrogen and oxygen atoms in total. The number of alkyl halides is 3. The second-order valence-electron chi connectivity index (χ2n) is 5.40. The number of hydrogen-bond acceptors (Lipinski definition) is 3. The number of fused-ring (bicyclic) bond motifs is 1. The molecule has 0 fully saturated rings. The first-order chi connectivity index (χ1) is 10.8. The molecule has 2 aromatic rings. The molecular weight excluding hydrogens is 325 g/mol. The zero-order chi connectivity index (χ0) is 16.7. The van der Waals surface area contributed by atoms with Crippen molar-refractivity contribution in [3.05, 3.63) is 65.2 Å². The number of ether oxygens (including phenoxy) is 1. The lowest BCUT2D eigenvalue weighted by Crippen LogP contribution is -2.37. The molecule has 0 radical (unpaired) electrons. The van der Waals surface area contributed by atoms with Crippen molar-refractivity contribution in [1.82, 2.24) is 0 Å². The molecule has 2 aromatic carbocycles. The molecule has 3 rings (SSSR count). The van der Waals surface area contributed by atoms with Crippen LogP contribution in [0.2, 0.25) is 0 Å². The summed E-state index contributed by atoms with van der Waals surface area (Å²) in [6, 6.07) is 13.2. The molecule has 1 heterocycles. The lowest BCUT2D eigenvalue weighted by Gasteiger charge is -2.37. The Labute approximate surface area is 135 Å². The van der Waals surface area contributed by atoms with Gasteiger partial charge in [0.25, 0.3) is 0 Å². The van der Waals surface area contributed by atoms with Crippen molar-refractivity contribution in [2.45, 2.75) is 29.3 Å². The Bertz CT molecular complexity index is 757. The molecule has 6 heteroatoms. The highest BCUT2D eigenvalue weighted by Crippen LogP contribution is 2.53. The van der Waals surface area contributed by atoms with Crippen LogP contribution in [0.15, 0.2) is 53.4 Å². The van der Waals surface area contributed by atoms with Crippen LogP contribution in [0.1, 0.15) is 27.9 Å². The number of rotatable bonds is 2. The van der Waals surface area contributed by atoms with Gasteiger partial charge in [-0.2, -0.15) is 13.2 Å². The van der Waals surface area contributed by atoms with Crippen molar-refractivity contribution in [2.24, 2.45) is 0 Å². The molecule has 0 saturated carbocycles. The molecule has 23 heavy (non-hydrogen) atoms. The van der Waals surface area contributed by atoms with E-state index in [0.717, 1.165) is 17.3 Å². The minimum absolute atomic E-state index is 0.294. The van der Waals surface area contributed by atoms with Crippen molar-refractivity contribution < 1.29 is 22.7 Å². The predicted molar refractivity (Wildman–Crippen MR) is 81.2 cm³/mol. The number of halogens is 3. The fourth-order valence-corrected chi connectivity index (χ4v) is 3.93. The average molecular weight is 338 g/mol. The molecule has 0 N–H and O–H groups in total. The van der Waals surface area contributed by atoms with E-state index in [2.05, 4.69) is 0 Å². The van der Waals surface area contributed by atoms with Gasteiger partial charge in [0.1, 0.15) is 0 Å². The summed E-state index contributed by atoms with van der Waals surface area (Å²) in [5, 5.41) is 0. The zero-order valence-electron chi connectivity index (χ0n) is 12.2. The SMILES string of the molecule is Cc1cccc(C2(CC(F)(F)F)OC(=O)c3ccccc3S2)c1. The van der Waals surface area contributed by atoms with Crippen LogP contribution in [0.5, 0.6) is 0 Å². The smallest absolute Gasteiger partial charge is 0.394 e. The summed E-state index contributed by atoms with van der Waals surface area (Å²) in [7, 11) is 0. The number of cyclic esters (lactones) is 1. The van der Waals surface area contributed by atoms with Crippen LogP contribution in [-0.4, -0.2) is 12.1 Å². The number of hydrogen-bond donors (Lipinski definition) is 0. The van der Waals surface area contributed by atoms with Gasteiger partial charge >= 0.3 is 12.1 Å². The summed E-state index contributed by atoms with van der Waals surface area (Å²) in [4.78, 5) is 10.9. The van der Waals surface area contributed by atoms with Crippen LogP contribution in [0.4, 0.5) is 13.2 Å². The van der Waals surface area contributed by atoms with Crippen LogP contribution in [0, 0.1) is 6.92 Å². The van der Waals surface area contributed by atoms with Gasteiger partial charge in [0.15, 0.2) is 4.93 Å². The van der Waals surface area contributed by atoms with Gasteiger partial charge in [0, 0.05) is 10.5 Å². The van der Waals surface area contributed by atoms with Gasteiger partial charge in [-0.15, -0.1) is 0 Å². The van der Waals surface area contributed by atoms with Gasteiger partial charge in [-0.25, -0.2) is 4.79 Å². The Morgan fingerprint density at radius 3 is 2.57 bits per heavy atom. The highest BCUT2D eigenvalue weighted by Gasteiger charge is 2.50. The molecular formula is C17H13F3O2S. The summed E-state index contributed by atoms with van der Waals surface area (Å²) < 4.78 is 44.8. The first-order valence-electron chi connectivity index (χ1n) is 6.94. The quantitative estimate of drug-likeness (QED) is 0.716. The highest BCUT2D eigenvalue weighted by atomic mass is 32.2. The van der Waals surface area contributed by atoms with E-state index < -0.39 is 23.5 Å². The first kappa shape index (κ1) is 15.9. The minimum Gasteiger partial charge on any atom is -0.439 e. The standard InChI is InChI=1S/C17H13F3O2S/c1-11-5-4-6-12(9-11)16(10-17(18,19)20)22-15(21)13-7-2-3-8-14(13)23-16/h2-9H,10H2,1H3. The Morgan fingerprint density at radius 1 is 1.13 bits per heavy atom. The Morgan fingerprint density at radius 2 is 1.87 bits per heavy atom. The number of benzene rings is 2. The Kier molecular flexibility index (Phi) is 3.88. The van der Waals surface area contributed by atoms with Crippen LogP contribution in [-0.2, 0) is 9.67 Å². The van der Waals surface area contributed by atoms with Crippen molar-refractivity contribution >= 4 is 17.7 Å². The molecule has 0 saturated heterocycles. The van der Waals surface area contributed by atoms with E-state index in [9.17, 15) is 18.0 Å². The number of aryl methyl sites for hydroxylation is 1. The maximum atomic E-state index is 13.2. The maximum absolute atomic E-state index is 13.2. The average Bonchev–Trinajstić information content (AvgIpc) is 2.45. The number of carbonyl (C=O) groups excluding carboxylic acids is 1. The fourth-order valence-electron chi connectivity index (χ4n) is 2.57. The van der Waals surface area contributed by atoms with Gasteiger partial charge in [0.05, 0.1) is 12.0 Å². The van der Waals surface area contributed by atoms with E-state index in [1.807, 2.05) is 0 Å². The van der Waals surface area contributed by atoms with Crippen molar-refractivity contribution in [1.29, 1.82) is 0 Å².